The molecule has 1 heterocycles. The summed E-state index contributed by atoms with van der Waals surface area (Å²) in [5.41, 5.74) is 2.54. The molecule has 5 aliphatic rings. The number of benzene rings is 2. The number of rotatable bonds is 16. The number of carboxylic acids is 1. The summed E-state index contributed by atoms with van der Waals surface area (Å²) in [6.45, 7) is 7.35. The Morgan fingerprint density at radius 1 is 0.958 bits per heavy atom. The van der Waals surface area contributed by atoms with Crippen molar-refractivity contribution in [2.75, 3.05) is 33.0 Å². The number of carbonyl (C=O) groups excluding carboxylic acids is 5. The molecule has 10 atom stereocenters. The number of unbranched alkanes of at least 4 members (excludes halogenated alkanes) is 1. The lowest BCUT2D eigenvalue weighted by molar-refractivity contribution is -0.169. The molecular weight excluding hydrogens is 954 g/mol. The highest BCUT2D eigenvalue weighted by molar-refractivity contribution is 7.59. The molecule has 0 radical (unpaired) electrons. The number of likely N-dealkylation sites (N-methyl/N-ethyl adjacent to an activating group) is 1. The fourth-order valence-corrected chi connectivity index (χ4v) is 13.7. The fourth-order valence-electron chi connectivity index (χ4n) is 11.4. The number of aliphatic carboxylic acids is 1. The van der Waals surface area contributed by atoms with E-state index in [2.05, 4.69) is 0 Å². The largest absolute Gasteiger partial charge is 0.510 e. The van der Waals surface area contributed by atoms with Crippen LogP contribution in [0.4, 0.5) is 0 Å². The molecule has 0 bridgehead atoms. The number of aliphatic hydroxyl groups is 4. The molecule has 2 aromatic carbocycles. The Balaban J connectivity index is 0.000000268. The Hall–Kier alpha value is -5.43. The molecule has 2 aromatic rings. The van der Waals surface area contributed by atoms with E-state index < -0.39 is 113 Å². The zero-order valence-electron chi connectivity index (χ0n) is 41.9. The number of hydrogen-bond donors (Lipinski definition) is 7. The monoisotopic (exact) mass is 1030 g/mol. The third-order valence-electron chi connectivity index (χ3n) is 15.1. The average molecular weight is 1030 g/mol. The quantitative estimate of drug-likeness (QED) is 0.0385. The number of fused-ring (bicyclic) bond motifs is 3. The Morgan fingerprint density at radius 2 is 1.61 bits per heavy atom. The number of carboxylic acid groups (broad SMARTS) is 1. The second-order valence-corrected chi connectivity index (χ2v) is 22.9. The number of Topliss-reactive ketones (excluding diaryl/α,β-unsaturated/α-hetero) is 2. The first-order valence-corrected chi connectivity index (χ1v) is 26.6. The van der Waals surface area contributed by atoms with Gasteiger partial charge in [-0.2, -0.15) is 0 Å². The Labute approximate surface area is 419 Å². The number of esters is 1. The van der Waals surface area contributed by atoms with Gasteiger partial charge in [-0.05, 0) is 74.7 Å². The Bertz CT molecular complexity index is 2470. The second-order valence-electron chi connectivity index (χ2n) is 20.3. The molecule has 396 valence electrons. The standard InChI is InChI=1S/C30H46NO7P.C22H24N2O8.H2O/c1-4-28(33)37-30(22(2)3)38-39(36,18-12-11-15-23-13-7-5-8-14-23)21-27(32)31-20-25(19-26(31)29(34)35)24-16-9-6-10-17-24;1-7-8-5-4-6-9(25)11(8)16(26)12-10(7)17(27)14-15(24(2)3)18(28)13(21(23)31)20(30)22(14,32)19(12)29;/h5,7-8,13-14,22,24-26,30H,4,6,9-12,15-21H2,1-3H3,(H,34,35);4-7,10,14-15,17,25,27-29,32H,1-3H3,(H2,23,31);1H2/t25-,26+,30?,39-;7-,10+,14+,15-,17-,22-;/m10./s1. The van der Waals surface area contributed by atoms with Gasteiger partial charge in [0.2, 0.25) is 25.3 Å². The van der Waals surface area contributed by atoms with Gasteiger partial charge in [0.25, 0.3) is 5.91 Å². The van der Waals surface area contributed by atoms with Crippen molar-refractivity contribution < 1.29 is 78.7 Å². The van der Waals surface area contributed by atoms with Crippen LogP contribution in [0.25, 0.3) is 0 Å². The lowest BCUT2D eigenvalue weighted by Gasteiger charge is -2.53. The molecule has 1 saturated heterocycles. The average Bonchev–Trinajstić information content (AvgIpc) is 3.79. The first kappa shape index (κ1) is 57.5. The van der Waals surface area contributed by atoms with Crippen molar-refractivity contribution in [3.05, 3.63) is 87.9 Å². The van der Waals surface area contributed by atoms with Crippen LogP contribution >= 0.6 is 7.37 Å². The van der Waals surface area contributed by atoms with Crippen molar-refractivity contribution in [3.8, 4) is 5.75 Å². The van der Waals surface area contributed by atoms with E-state index in [9.17, 15) is 64.0 Å². The summed E-state index contributed by atoms with van der Waals surface area (Å²) in [6, 6.07) is 12.3. The zero-order chi connectivity index (χ0) is 52.3. The number of ketones is 2. The Morgan fingerprint density at radius 3 is 2.19 bits per heavy atom. The number of likely N-dealkylation sites (tertiary alicyclic amines) is 1. The number of nitrogens with two attached hydrogens (primary N) is 1. The van der Waals surface area contributed by atoms with Crippen LogP contribution in [0.5, 0.6) is 5.75 Å². The van der Waals surface area contributed by atoms with Crippen molar-refractivity contribution in [2.45, 2.75) is 128 Å². The number of primary amides is 1. The van der Waals surface area contributed by atoms with Gasteiger partial charge in [0.05, 0.1) is 23.6 Å². The fraction of sp³-hybridized carbons (Fsp3) is 0.577. The minimum Gasteiger partial charge on any atom is -0.510 e. The van der Waals surface area contributed by atoms with Crippen LogP contribution in [-0.2, 0) is 44.2 Å². The van der Waals surface area contributed by atoms with E-state index in [0.29, 0.717) is 30.9 Å². The van der Waals surface area contributed by atoms with Crippen LogP contribution in [0.3, 0.4) is 0 Å². The zero-order valence-corrected chi connectivity index (χ0v) is 42.8. The van der Waals surface area contributed by atoms with Gasteiger partial charge in [-0.25, -0.2) is 4.79 Å². The Kier molecular flexibility index (Phi) is 18.9. The van der Waals surface area contributed by atoms with Crippen molar-refractivity contribution in [1.29, 1.82) is 0 Å². The SMILES string of the molecule is CCC(=O)OC(O[P@](=O)(CCCCc1ccccc1)CC(=O)N1C[C@H](C2CCCCC2)C[C@H]1C(=O)O)C(C)C.C[C@H]1c2cccc(O)c2C(=O)C2=C(O)[C@]3(O)C(=O)C(C(N)=O)=C(O)[C@@H](N(C)C)[C@@H]3[C@@H](O)[C@@H]21.O. The summed E-state index contributed by atoms with van der Waals surface area (Å²) in [7, 11) is -0.621. The number of hydrogen-bond acceptors (Lipinski definition) is 15. The van der Waals surface area contributed by atoms with Gasteiger partial charge in [-0.1, -0.05) is 102 Å². The smallest absolute Gasteiger partial charge is 0.326 e. The number of aromatic hydroxyl groups is 1. The molecular formula is C52H72N3O16P. The summed E-state index contributed by atoms with van der Waals surface area (Å²) in [5.74, 6) is -10.5. The van der Waals surface area contributed by atoms with Gasteiger partial charge < -0.3 is 51.5 Å². The van der Waals surface area contributed by atoms with E-state index >= 15 is 0 Å². The van der Waals surface area contributed by atoms with E-state index in [4.69, 9.17) is 15.0 Å². The van der Waals surface area contributed by atoms with Gasteiger partial charge in [0.15, 0.2) is 11.4 Å². The van der Waals surface area contributed by atoms with E-state index in [1.54, 1.807) is 26.0 Å². The first-order valence-electron chi connectivity index (χ1n) is 24.7. The summed E-state index contributed by atoms with van der Waals surface area (Å²) < 4.78 is 25.7. The van der Waals surface area contributed by atoms with Gasteiger partial charge in [0, 0.05) is 36.5 Å². The molecule has 19 nitrogen and oxygen atoms in total. The van der Waals surface area contributed by atoms with E-state index in [1.807, 2.05) is 44.2 Å². The summed E-state index contributed by atoms with van der Waals surface area (Å²) in [6.07, 6.45) is 5.53. The van der Waals surface area contributed by atoms with Gasteiger partial charge in [-0.15, -0.1) is 0 Å². The number of ether oxygens (including phenoxy) is 1. The number of nitrogens with zero attached hydrogens (tertiary/aromatic N) is 2. The van der Waals surface area contributed by atoms with Crippen LogP contribution < -0.4 is 5.73 Å². The molecule has 10 N–H and O–H groups in total. The van der Waals surface area contributed by atoms with E-state index in [1.165, 1.54) is 41.9 Å². The maximum Gasteiger partial charge on any atom is 0.326 e. The molecule has 1 unspecified atom stereocenters. The second kappa shape index (κ2) is 23.6. The minimum absolute atomic E-state index is 0. The minimum atomic E-state index is -3.60. The van der Waals surface area contributed by atoms with Crippen LogP contribution in [0, 0.1) is 29.6 Å². The molecule has 1 aliphatic heterocycles. The van der Waals surface area contributed by atoms with Crippen molar-refractivity contribution in [3.63, 3.8) is 0 Å². The number of phenolic OH excluding ortho intramolecular Hbond substituents is 1. The van der Waals surface area contributed by atoms with Crippen LogP contribution in [0.15, 0.2) is 71.2 Å². The number of phenols is 1. The summed E-state index contributed by atoms with van der Waals surface area (Å²) in [5, 5.41) is 65.0. The van der Waals surface area contributed by atoms with Crippen LogP contribution in [0.2, 0.25) is 0 Å². The number of carbonyl (C=O) groups is 6. The molecule has 2 amide bonds. The topological polar surface area (TPSA) is 323 Å². The van der Waals surface area contributed by atoms with Gasteiger partial charge in [0.1, 0.15) is 35.0 Å². The lowest BCUT2D eigenvalue weighted by Crippen LogP contribution is -2.68. The van der Waals surface area contributed by atoms with Gasteiger partial charge in [-0.3, -0.25) is 38.0 Å². The third kappa shape index (κ3) is 11.5. The highest BCUT2D eigenvalue weighted by Crippen LogP contribution is 2.56. The number of amides is 2. The van der Waals surface area contributed by atoms with Crippen LogP contribution in [-0.4, -0.2) is 144 Å². The summed E-state index contributed by atoms with van der Waals surface area (Å²) >= 11 is 0. The van der Waals surface area contributed by atoms with Gasteiger partial charge >= 0.3 is 11.9 Å². The molecule has 20 heteroatoms. The first-order chi connectivity index (χ1) is 33.5. The van der Waals surface area contributed by atoms with Crippen LogP contribution in [0.1, 0.15) is 113 Å². The highest BCUT2D eigenvalue weighted by Gasteiger charge is 2.67. The normalized spacial score (nSPS) is 27.4. The maximum absolute atomic E-state index is 14.2. The van der Waals surface area contributed by atoms with E-state index in [0.717, 1.165) is 38.5 Å². The maximum atomic E-state index is 14.2. The predicted molar refractivity (Wildman–Crippen MR) is 264 cm³/mol. The lowest BCUT2D eigenvalue weighted by atomic mass is 9.55. The number of aliphatic hydroxyl groups excluding tert-OH is 3. The summed E-state index contributed by atoms with van der Waals surface area (Å²) in [4.78, 5) is 79.0. The molecule has 2 fully saturated rings. The molecule has 0 spiro atoms. The van der Waals surface area contributed by atoms with Crippen molar-refractivity contribution in [2.24, 2.45) is 35.3 Å². The highest BCUT2D eigenvalue weighted by atomic mass is 31.2. The molecule has 0 aromatic heterocycles. The number of aryl methyl sites for hydroxylation is 1. The van der Waals surface area contributed by atoms with E-state index in [-0.39, 0.29) is 47.4 Å². The molecule has 7 rings (SSSR count). The van der Waals surface area contributed by atoms with Crippen molar-refractivity contribution >= 4 is 42.7 Å². The third-order valence-corrected chi connectivity index (χ3v) is 17.4. The molecule has 72 heavy (non-hydrogen) atoms. The molecule has 1 saturated carbocycles. The van der Waals surface area contributed by atoms with Crippen molar-refractivity contribution in [1.82, 2.24) is 9.80 Å². The predicted octanol–water partition coefficient (Wildman–Crippen LogP) is 4.95. The molecule has 4 aliphatic carbocycles.